The monoisotopic (exact) mass is 318 g/mol. The van der Waals surface area contributed by atoms with Crippen molar-refractivity contribution in [3.8, 4) is 5.69 Å². The van der Waals surface area contributed by atoms with Crippen molar-refractivity contribution in [3.63, 3.8) is 0 Å². The Morgan fingerprint density at radius 1 is 1.35 bits per heavy atom. The Labute approximate surface area is 132 Å². The zero-order chi connectivity index (χ0) is 17.0. The predicted octanol–water partition coefficient (Wildman–Crippen LogP) is 1.53. The molecular weight excluding hydrogens is 300 g/mol. The number of hydrogen-bond acceptors (Lipinski definition) is 5. The van der Waals surface area contributed by atoms with E-state index < -0.39 is 11.0 Å². The first kappa shape index (κ1) is 16.6. The summed E-state index contributed by atoms with van der Waals surface area (Å²) in [5.74, 6) is -0.335. The summed E-state index contributed by atoms with van der Waals surface area (Å²) in [7, 11) is 0. The second-order valence-corrected chi connectivity index (χ2v) is 5.44. The topological polar surface area (TPSA) is 110 Å². The van der Waals surface area contributed by atoms with E-state index in [1.807, 2.05) is 13.8 Å². The van der Waals surface area contributed by atoms with Gasteiger partial charge in [-0.2, -0.15) is 5.10 Å². The fraction of sp³-hybridized carbons (Fsp3) is 0.333. The van der Waals surface area contributed by atoms with E-state index in [0.29, 0.717) is 5.69 Å². The van der Waals surface area contributed by atoms with Gasteiger partial charge in [-0.1, -0.05) is 13.8 Å². The van der Waals surface area contributed by atoms with E-state index in [1.165, 1.54) is 16.8 Å². The second kappa shape index (κ2) is 7.01. The van der Waals surface area contributed by atoms with Gasteiger partial charge in [0.15, 0.2) is 5.69 Å². The van der Waals surface area contributed by atoms with E-state index in [4.69, 9.17) is 0 Å². The highest BCUT2D eigenvalue weighted by Gasteiger charge is 2.14. The number of aliphatic hydroxyl groups is 1. The van der Waals surface area contributed by atoms with Crippen molar-refractivity contribution in [1.82, 2.24) is 15.1 Å². The third-order valence-corrected chi connectivity index (χ3v) is 3.39. The van der Waals surface area contributed by atoms with Gasteiger partial charge in [0, 0.05) is 24.9 Å². The van der Waals surface area contributed by atoms with E-state index in [-0.39, 0.29) is 29.8 Å². The number of nitrogens with zero attached hydrogens (tertiary/aromatic N) is 3. The average Bonchev–Trinajstić information content (AvgIpc) is 3.02. The van der Waals surface area contributed by atoms with Crippen molar-refractivity contribution < 1.29 is 14.8 Å². The first-order chi connectivity index (χ1) is 10.9. The van der Waals surface area contributed by atoms with Crippen LogP contribution in [0, 0.1) is 16.0 Å². The number of carbonyl (C=O) groups excluding carboxylic acids is 1. The summed E-state index contributed by atoms with van der Waals surface area (Å²) in [6.07, 6.45) is 0.977. The smallest absolute Gasteiger partial charge is 0.271 e. The van der Waals surface area contributed by atoms with Gasteiger partial charge in [0.05, 0.1) is 16.7 Å². The van der Waals surface area contributed by atoms with Crippen molar-refractivity contribution in [2.24, 2.45) is 5.92 Å². The van der Waals surface area contributed by atoms with Crippen LogP contribution in [0.15, 0.2) is 36.5 Å². The van der Waals surface area contributed by atoms with Gasteiger partial charge < -0.3 is 10.4 Å². The number of aliphatic hydroxyl groups excluding tert-OH is 1. The highest BCUT2D eigenvalue weighted by Crippen LogP contribution is 2.15. The molecule has 0 saturated heterocycles. The number of nitro benzene ring substituents is 1. The largest absolute Gasteiger partial charge is 0.391 e. The van der Waals surface area contributed by atoms with Crippen molar-refractivity contribution in [1.29, 1.82) is 0 Å². The Morgan fingerprint density at radius 2 is 2.00 bits per heavy atom. The summed E-state index contributed by atoms with van der Waals surface area (Å²) in [5, 5.41) is 27.1. The molecule has 2 N–H and O–H groups in total. The fourth-order valence-corrected chi connectivity index (χ4v) is 1.84. The van der Waals surface area contributed by atoms with Crippen LogP contribution in [0.1, 0.15) is 24.3 Å². The van der Waals surface area contributed by atoms with Crippen LogP contribution >= 0.6 is 0 Å². The lowest BCUT2D eigenvalue weighted by Crippen LogP contribution is -2.34. The maximum Gasteiger partial charge on any atom is 0.271 e. The third-order valence-electron chi connectivity index (χ3n) is 3.39. The number of aromatic nitrogens is 2. The van der Waals surface area contributed by atoms with Gasteiger partial charge in [0.2, 0.25) is 0 Å². The molecule has 8 nitrogen and oxygen atoms in total. The molecular formula is C15H18N4O4. The summed E-state index contributed by atoms with van der Waals surface area (Å²) in [5.41, 5.74) is 0.803. The first-order valence-electron chi connectivity index (χ1n) is 7.15. The van der Waals surface area contributed by atoms with Crippen molar-refractivity contribution in [3.05, 3.63) is 52.3 Å². The molecule has 1 heterocycles. The molecule has 0 spiro atoms. The summed E-state index contributed by atoms with van der Waals surface area (Å²) in [6, 6.07) is 7.38. The van der Waals surface area contributed by atoms with Crippen molar-refractivity contribution >= 4 is 11.6 Å². The minimum atomic E-state index is -0.615. The highest BCUT2D eigenvalue weighted by molar-refractivity contribution is 5.92. The number of rotatable bonds is 6. The van der Waals surface area contributed by atoms with E-state index in [2.05, 4.69) is 10.4 Å². The molecule has 1 aromatic heterocycles. The van der Waals surface area contributed by atoms with Crippen molar-refractivity contribution in [2.45, 2.75) is 20.0 Å². The molecule has 2 aromatic rings. The molecule has 0 saturated carbocycles. The normalized spacial score (nSPS) is 12.2. The summed E-state index contributed by atoms with van der Waals surface area (Å²) in [6.45, 7) is 3.88. The Hall–Kier alpha value is -2.74. The minimum absolute atomic E-state index is 0.0125. The van der Waals surface area contributed by atoms with E-state index in [0.717, 1.165) is 0 Å². The van der Waals surface area contributed by atoms with E-state index in [9.17, 15) is 20.0 Å². The molecule has 122 valence electrons. The zero-order valence-corrected chi connectivity index (χ0v) is 12.8. The molecule has 0 radical (unpaired) electrons. The molecule has 23 heavy (non-hydrogen) atoms. The fourth-order valence-electron chi connectivity index (χ4n) is 1.84. The molecule has 1 unspecified atom stereocenters. The molecule has 0 bridgehead atoms. The van der Waals surface area contributed by atoms with Gasteiger partial charge in [-0.3, -0.25) is 14.9 Å². The van der Waals surface area contributed by atoms with Crippen LogP contribution in [0.25, 0.3) is 5.69 Å². The lowest BCUT2D eigenvalue weighted by atomic mass is 10.1. The highest BCUT2D eigenvalue weighted by atomic mass is 16.6. The van der Waals surface area contributed by atoms with E-state index >= 15 is 0 Å². The predicted molar refractivity (Wildman–Crippen MR) is 83.4 cm³/mol. The van der Waals surface area contributed by atoms with Gasteiger partial charge in [-0.25, -0.2) is 4.68 Å². The molecule has 0 aliphatic carbocycles. The molecule has 2 rings (SSSR count). The maximum atomic E-state index is 12.0. The molecule has 0 aliphatic rings. The Balaban J connectivity index is 2.05. The molecule has 0 fully saturated rings. The van der Waals surface area contributed by atoms with E-state index in [1.54, 1.807) is 24.4 Å². The second-order valence-electron chi connectivity index (χ2n) is 5.44. The molecule has 1 aromatic carbocycles. The van der Waals surface area contributed by atoms with Crippen LogP contribution in [0.3, 0.4) is 0 Å². The average molecular weight is 318 g/mol. The van der Waals surface area contributed by atoms with Crippen LogP contribution < -0.4 is 5.32 Å². The van der Waals surface area contributed by atoms with Crippen LogP contribution in [0.4, 0.5) is 5.69 Å². The molecule has 1 amide bonds. The number of benzene rings is 1. The third kappa shape index (κ3) is 4.13. The van der Waals surface area contributed by atoms with Gasteiger partial charge in [0.25, 0.3) is 11.6 Å². The zero-order valence-electron chi connectivity index (χ0n) is 12.8. The lowest BCUT2D eigenvalue weighted by molar-refractivity contribution is -0.384. The first-order valence-corrected chi connectivity index (χ1v) is 7.15. The van der Waals surface area contributed by atoms with Gasteiger partial charge >= 0.3 is 0 Å². The van der Waals surface area contributed by atoms with Gasteiger partial charge in [-0.05, 0) is 24.1 Å². The standard InChI is InChI=1S/C15H18N4O4/c1-10(2)14(20)9-16-15(21)13-7-8-18(17-13)11-3-5-12(6-4-11)19(22)23/h3-8,10,14,20H,9H2,1-2H3,(H,16,21). The molecule has 0 aliphatic heterocycles. The number of carbonyl (C=O) groups is 1. The number of nitro groups is 1. The van der Waals surface area contributed by atoms with Crippen LogP contribution in [-0.4, -0.2) is 38.4 Å². The number of nitrogens with one attached hydrogen (secondary N) is 1. The Morgan fingerprint density at radius 3 is 2.57 bits per heavy atom. The quantitative estimate of drug-likeness (QED) is 0.620. The Bertz CT molecular complexity index is 694. The van der Waals surface area contributed by atoms with Crippen molar-refractivity contribution in [2.75, 3.05) is 6.54 Å². The maximum absolute atomic E-state index is 12.0. The number of amides is 1. The van der Waals surface area contributed by atoms with Crippen LogP contribution in [-0.2, 0) is 0 Å². The summed E-state index contributed by atoms with van der Waals surface area (Å²) in [4.78, 5) is 22.1. The summed E-state index contributed by atoms with van der Waals surface area (Å²) < 4.78 is 1.46. The van der Waals surface area contributed by atoms with Crippen LogP contribution in [0.2, 0.25) is 0 Å². The number of non-ortho nitro benzene ring substituents is 1. The lowest BCUT2D eigenvalue weighted by Gasteiger charge is -2.14. The summed E-state index contributed by atoms with van der Waals surface area (Å²) >= 11 is 0. The SMILES string of the molecule is CC(C)C(O)CNC(=O)c1ccn(-c2ccc([N+](=O)[O-])cc2)n1. The molecule has 8 heteroatoms. The van der Waals surface area contributed by atoms with Gasteiger partial charge in [-0.15, -0.1) is 0 Å². The minimum Gasteiger partial charge on any atom is -0.391 e. The van der Waals surface area contributed by atoms with Gasteiger partial charge in [0.1, 0.15) is 0 Å². The number of hydrogen-bond donors (Lipinski definition) is 2. The Kier molecular flexibility index (Phi) is 5.07. The molecule has 1 atom stereocenters. The van der Waals surface area contributed by atoms with Crippen LogP contribution in [0.5, 0.6) is 0 Å².